The van der Waals surface area contributed by atoms with Gasteiger partial charge in [-0.1, -0.05) is 24.6 Å². The summed E-state index contributed by atoms with van der Waals surface area (Å²) in [6.07, 6.45) is 5.90. The molecule has 2 aliphatic rings. The molecule has 1 N–H and O–H groups in total. The van der Waals surface area contributed by atoms with Crippen LogP contribution in [0.25, 0.3) is 6.08 Å². The van der Waals surface area contributed by atoms with Crippen molar-refractivity contribution in [3.63, 3.8) is 0 Å². The Balaban J connectivity index is 1.42. The number of benzene rings is 1. The largest absolute Gasteiger partial charge is 0.392 e. The number of rotatable bonds is 7. The molecular formula is C24H33ClFN3O3. The molecule has 1 aromatic rings. The summed E-state index contributed by atoms with van der Waals surface area (Å²) < 4.78 is 13.3. The number of hydrogen-bond acceptors (Lipinski definition) is 4. The number of amides is 2. The van der Waals surface area contributed by atoms with Gasteiger partial charge in [-0.2, -0.15) is 0 Å². The van der Waals surface area contributed by atoms with Gasteiger partial charge in [0.15, 0.2) is 0 Å². The fourth-order valence-electron chi connectivity index (χ4n) is 4.46. The highest BCUT2D eigenvalue weighted by molar-refractivity contribution is 6.30. The van der Waals surface area contributed by atoms with Gasteiger partial charge in [-0.3, -0.25) is 9.59 Å². The van der Waals surface area contributed by atoms with Crippen LogP contribution in [0.5, 0.6) is 0 Å². The number of unbranched alkanes of at least 4 members (excludes halogenated alkanes) is 1. The number of aliphatic hydroxyl groups is 1. The Hall–Kier alpha value is -1.96. The van der Waals surface area contributed by atoms with Crippen LogP contribution >= 0.6 is 11.6 Å². The third-order valence-corrected chi connectivity index (χ3v) is 6.42. The van der Waals surface area contributed by atoms with Gasteiger partial charge in [0.1, 0.15) is 5.82 Å². The van der Waals surface area contributed by atoms with Gasteiger partial charge in [0.05, 0.1) is 11.1 Å². The Kier molecular flexibility index (Phi) is 9.08. The van der Waals surface area contributed by atoms with E-state index in [0.29, 0.717) is 44.1 Å². The second kappa shape index (κ2) is 11.8. The molecule has 2 aliphatic heterocycles. The van der Waals surface area contributed by atoms with Gasteiger partial charge in [-0.15, -0.1) is 0 Å². The molecule has 2 saturated heterocycles. The van der Waals surface area contributed by atoms with Crippen molar-refractivity contribution in [2.24, 2.45) is 5.92 Å². The van der Waals surface area contributed by atoms with Gasteiger partial charge in [-0.25, -0.2) is 4.39 Å². The topological polar surface area (TPSA) is 64.1 Å². The van der Waals surface area contributed by atoms with Crippen LogP contribution in [0.3, 0.4) is 0 Å². The van der Waals surface area contributed by atoms with Crippen molar-refractivity contribution < 1.29 is 19.1 Å². The zero-order valence-corrected chi connectivity index (χ0v) is 19.4. The quantitative estimate of drug-likeness (QED) is 0.496. The van der Waals surface area contributed by atoms with E-state index in [-0.39, 0.29) is 22.9 Å². The third-order valence-electron chi connectivity index (χ3n) is 6.13. The van der Waals surface area contributed by atoms with E-state index in [1.54, 1.807) is 17.0 Å². The first-order chi connectivity index (χ1) is 15.3. The molecule has 0 spiro atoms. The molecule has 1 aromatic carbocycles. The van der Waals surface area contributed by atoms with E-state index in [4.69, 9.17) is 11.6 Å². The molecule has 0 radical (unpaired) electrons. The smallest absolute Gasteiger partial charge is 0.246 e. The monoisotopic (exact) mass is 465 g/mol. The summed E-state index contributed by atoms with van der Waals surface area (Å²) in [5, 5.41) is 9.93. The lowest BCUT2D eigenvalue weighted by molar-refractivity contribution is -0.130. The molecule has 2 fully saturated rings. The van der Waals surface area contributed by atoms with Crippen molar-refractivity contribution in [2.75, 3.05) is 45.8 Å². The lowest BCUT2D eigenvalue weighted by Crippen LogP contribution is -2.42. The lowest BCUT2D eigenvalue weighted by Gasteiger charge is -2.34. The molecular weight excluding hydrogens is 433 g/mol. The molecule has 2 unspecified atom stereocenters. The van der Waals surface area contributed by atoms with Crippen LogP contribution < -0.4 is 0 Å². The summed E-state index contributed by atoms with van der Waals surface area (Å²) in [5.41, 5.74) is 0.646. The average molecular weight is 466 g/mol. The highest BCUT2D eigenvalue weighted by atomic mass is 35.5. The summed E-state index contributed by atoms with van der Waals surface area (Å²) >= 11 is 5.78. The van der Waals surface area contributed by atoms with E-state index < -0.39 is 5.82 Å². The van der Waals surface area contributed by atoms with E-state index in [9.17, 15) is 19.1 Å². The number of nitrogens with zero attached hydrogens (tertiary/aromatic N) is 3. The van der Waals surface area contributed by atoms with Crippen molar-refractivity contribution in [3.05, 3.63) is 40.7 Å². The number of piperidine rings is 1. The fourth-order valence-corrected chi connectivity index (χ4v) is 4.65. The fraction of sp³-hybridized carbons (Fsp3) is 0.583. The summed E-state index contributed by atoms with van der Waals surface area (Å²) in [5.74, 6) is -0.0672. The standard InChI is InChI=1S/C24H33ClFN3O3/c1-18-14-20(30)17-27(16-18)9-2-3-10-28-12-13-29(11-8-24(28)32)23(31)7-5-19-4-6-22(26)21(25)15-19/h4-7,15,18,20,30H,2-3,8-14,16-17H2,1H3. The zero-order valence-electron chi connectivity index (χ0n) is 18.7. The number of halogens is 2. The van der Waals surface area contributed by atoms with Crippen LogP contribution in [0, 0.1) is 11.7 Å². The van der Waals surface area contributed by atoms with Crippen molar-refractivity contribution in [1.29, 1.82) is 0 Å². The van der Waals surface area contributed by atoms with Gasteiger partial charge in [0.25, 0.3) is 0 Å². The summed E-state index contributed by atoms with van der Waals surface area (Å²) in [4.78, 5) is 30.9. The number of carbonyl (C=O) groups excluding carboxylic acids is 2. The molecule has 0 bridgehead atoms. The predicted octanol–water partition coefficient (Wildman–Crippen LogP) is 3.04. The summed E-state index contributed by atoms with van der Waals surface area (Å²) in [6.45, 7) is 6.98. The number of likely N-dealkylation sites (tertiary alicyclic amines) is 1. The second-order valence-electron chi connectivity index (χ2n) is 8.92. The molecule has 32 heavy (non-hydrogen) atoms. The Morgan fingerprint density at radius 1 is 1.22 bits per heavy atom. The molecule has 3 rings (SSSR count). The van der Waals surface area contributed by atoms with E-state index in [0.717, 1.165) is 38.9 Å². The minimum atomic E-state index is -0.496. The maximum Gasteiger partial charge on any atom is 0.246 e. The van der Waals surface area contributed by atoms with E-state index in [1.807, 2.05) is 4.90 Å². The van der Waals surface area contributed by atoms with Gasteiger partial charge in [-0.05, 0) is 55.5 Å². The molecule has 0 aliphatic carbocycles. The van der Waals surface area contributed by atoms with E-state index >= 15 is 0 Å². The lowest BCUT2D eigenvalue weighted by atomic mass is 9.98. The number of hydrogen-bond donors (Lipinski definition) is 1. The van der Waals surface area contributed by atoms with E-state index in [2.05, 4.69) is 11.8 Å². The second-order valence-corrected chi connectivity index (χ2v) is 9.33. The summed E-state index contributed by atoms with van der Waals surface area (Å²) in [6, 6.07) is 4.30. The van der Waals surface area contributed by atoms with Crippen LogP contribution in [0.4, 0.5) is 4.39 Å². The SMILES string of the molecule is CC1CC(O)CN(CCCCN2CCN(C(=O)C=Cc3ccc(F)c(Cl)c3)CCC2=O)C1. The Morgan fingerprint density at radius 3 is 2.75 bits per heavy atom. The van der Waals surface area contributed by atoms with Crippen LogP contribution in [0.1, 0.15) is 38.2 Å². The molecule has 8 heteroatoms. The van der Waals surface area contributed by atoms with Gasteiger partial charge < -0.3 is 19.8 Å². The first-order valence-corrected chi connectivity index (χ1v) is 11.8. The van der Waals surface area contributed by atoms with Crippen LogP contribution in [-0.2, 0) is 9.59 Å². The zero-order chi connectivity index (χ0) is 23.1. The minimum Gasteiger partial charge on any atom is -0.392 e. The van der Waals surface area contributed by atoms with Gasteiger partial charge in [0.2, 0.25) is 11.8 Å². The molecule has 2 heterocycles. The van der Waals surface area contributed by atoms with Crippen molar-refractivity contribution in [2.45, 2.75) is 38.7 Å². The van der Waals surface area contributed by atoms with Crippen LogP contribution in [0.2, 0.25) is 5.02 Å². The predicted molar refractivity (Wildman–Crippen MR) is 124 cm³/mol. The first kappa shape index (κ1) is 24.7. The van der Waals surface area contributed by atoms with E-state index in [1.165, 1.54) is 18.2 Å². The van der Waals surface area contributed by atoms with Crippen LogP contribution in [-0.4, -0.2) is 83.5 Å². The number of carbonyl (C=O) groups is 2. The molecule has 2 amide bonds. The number of aliphatic hydroxyl groups excluding tert-OH is 1. The third kappa shape index (κ3) is 7.29. The molecule has 2 atom stereocenters. The summed E-state index contributed by atoms with van der Waals surface area (Å²) in [7, 11) is 0. The Labute approximate surface area is 194 Å². The van der Waals surface area contributed by atoms with Crippen molar-refractivity contribution in [3.8, 4) is 0 Å². The van der Waals surface area contributed by atoms with Crippen molar-refractivity contribution in [1.82, 2.24) is 14.7 Å². The van der Waals surface area contributed by atoms with Gasteiger partial charge >= 0.3 is 0 Å². The van der Waals surface area contributed by atoms with Crippen LogP contribution in [0.15, 0.2) is 24.3 Å². The van der Waals surface area contributed by atoms with Gasteiger partial charge in [0, 0.05) is 51.8 Å². The molecule has 0 aromatic heterocycles. The molecule has 0 saturated carbocycles. The first-order valence-electron chi connectivity index (χ1n) is 11.4. The maximum absolute atomic E-state index is 13.3. The minimum absolute atomic E-state index is 0.0154. The Morgan fingerprint density at radius 2 is 2.00 bits per heavy atom. The highest BCUT2D eigenvalue weighted by Crippen LogP contribution is 2.18. The number of β-amino-alcohol motifs (C(OH)–C–C–N with tert-alkyl or cyclic N) is 1. The Bertz CT molecular complexity index is 825. The normalized spacial score (nSPS) is 23.1. The molecule has 6 nitrogen and oxygen atoms in total. The highest BCUT2D eigenvalue weighted by Gasteiger charge is 2.24. The average Bonchev–Trinajstić information content (AvgIpc) is 2.93. The molecule has 176 valence electrons. The maximum atomic E-state index is 13.3. The van der Waals surface area contributed by atoms with Crippen molar-refractivity contribution >= 4 is 29.5 Å².